The maximum atomic E-state index is 10.9. The van der Waals surface area contributed by atoms with Crippen molar-refractivity contribution in [1.29, 1.82) is 0 Å². The van der Waals surface area contributed by atoms with E-state index in [-0.39, 0.29) is 23.4 Å². The highest BCUT2D eigenvalue weighted by Crippen LogP contribution is 2.23. The van der Waals surface area contributed by atoms with Gasteiger partial charge in [0.1, 0.15) is 5.60 Å². The number of carbonyl (C=O) groups excluding carboxylic acids is 2. The van der Waals surface area contributed by atoms with Crippen molar-refractivity contribution < 1.29 is 14.3 Å². The van der Waals surface area contributed by atoms with Crippen LogP contribution in [0.3, 0.4) is 0 Å². The second kappa shape index (κ2) is 8.08. The molecule has 1 rings (SSSR count). The van der Waals surface area contributed by atoms with Crippen LogP contribution in [0, 0.1) is 5.92 Å². The van der Waals surface area contributed by atoms with Gasteiger partial charge in [-0.2, -0.15) is 0 Å². The van der Waals surface area contributed by atoms with Gasteiger partial charge in [-0.15, -0.1) is 0 Å². The molecular formula is C13H26N2O3. The van der Waals surface area contributed by atoms with E-state index in [9.17, 15) is 9.59 Å². The first-order valence-electron chi connectivity index (χ1n) is 6.46. The van der Waals surface area contributed by atoms with Crippen LogP contribution in [-0.4, -0.2) is 17.5 Å². The Bertz CT molecular complexity index is 266. The summed E-state index contributed by atoms with van der Waals surface area (Å²) < 4.78 is 4.80. The van der Waals surface area contributed by atoms with Crippen LogP contribution in [-0.2, 0) is 14.3 Å². The molecule has 0 aromatic rings. The predicted octanol–water partition coefficient (Wildman–Crippen LogP) is 1.90. The van der Waals surface area contributed by atoms with Gasteiger partial charge in [-0.05, 0) is 33.6 Å². The number of nitrogens with two attached hydrogens (primary N) is 1. The minimum absolute atomic E-state index is 0.0136. The van der Waals surface area contributed by atoms with E-state index in [4.69, 9.17) is 10.6 Å². The van der Waals surface area contributed by atoms with Crippen LogP contribution in [0.15, 0.2) is 0 Å². The second-order valence-corrected chi connectivity index (χ2v) is 5.55. The molecule has 3 N–H and O–H groups in total. The summed E-state index contributed by atoms with van der Waals surface area (Å²) in [6.45, 7) is 6.93. The molecule has 1 amide bonds. The van der Waals surface area contributed by atoms with E-state index in [1.165, 1.54) is 26.2 Å². The van der Waals surface area contributed by atoms with Crippen molar-refractivity contribution in [2.45, 2.75) is 65.4 Å². The summed E-state index contributed by atoms with van der Waals surface area (Å²) in [6, 6.07) is 0. The summed E-state index contributed by atoms with van der Waals surface area (Å²) in [5.41, 5.74) is 1.87. The number of hydrogen-bond donors (Lipinski definition) is 2. The van der Waals surface area contributed by atoms with Crippen molar-refractivity contribution in [1.82, 2.24) is 5.43 Å². The van der Waals surface area contributed by atoms with Crippen molar-refractivity contribution >= 4 is 11.9 Å². The maximum Gasteiger partial charge on any atom is 0.303 e. The molecule has 0 aromatic carbocycles. The first-order chi connectivity index (χ1) is 8.26. The molecule has 0 saturated heterocycles. The van der Waals surface area contributed by atoms with Gasteiger partial charge in [0, 0.05) is 12.8 Å². The van der Waals surface area contributed by atoms with Crippen molar-refractivity contribution in [3.8, 4) is 0 Å². The Morgan fingerprint density at radius 1 is 1.17 bits per heavy atom. The standard InChI is InChI=1S/C7H14N2O.C6H12O2/c8-9-7(10)6-4-2-1-3-5-6;1-5(7)8-6(2,3)4/h6H,1-5,8H2,(H,9,10);1-4H3. The number of carbonyl (C=O) groups is 2. The van der Waals surface area contributed by atoms with Gasteiger partial charge in [-0.3, -0.25) is 15.0 Å². The number of nitrogens with one attached hydrogen (secondary N) is 1. The summed E-state index contributed by atoms with van der Waals surface area (Å²) in [5, 5.41) is 0. The zero-order valence-corrected chi connectivity index (χ0v) is 11.9. The number of esters is 1. The van der Waals surface area contributed by atoms with Crippen molar-refractivity contribution in [2.75, 3.05) is 0 Å². The van der Waals surface area contributed by atoms with E-state index < -0.39 is 0 Å². The molecule has 0 aromatic heterocycles. The summed E-state index contributed by atoms with van der Waals surface area (Å²) in [4.78, 5) is 21.2. The molecule has 1 saturated carbocycles. The van der Waals surface area contributed by atoms with E-state index in [0.29, 0.717) is 0 Å². The van der Waals surface area contributed by atoms with Crippen LogP contribution in [0.5, 0.6) is 0 Å². The van der Waals surface area contributed by atoms with E-state index in [2.05, 4.69) is 5.43 Å². The molecule has 5 nitrogen and oxygen atoms in total. The fourth-order valence-electron chi connectivity index (χ4n) is 1.91. The molecule has 0 aliphatic heterocycles. The molecule has 0 bridgehead atoms. The molecular weight excluding hydrogens is 232 g/mol. The van der Waals surface area contributed by atoms with Crippen LogP contribution in [0.1, 0.15) is 59.8 Å². The Morgan fingerprint density at radius 3 is 1.94 bits per heavy atom. The molecule has 1 aliphatic carbocycles. The maximum absolute atomic E-state index is 10.9. The number of amides is 1. The summed E-state index contributed by atoms with van der Waals surface area (Å²) in [5.74, 6) is 4.99. The largest absolute Gasteiger partial charge is 0.460 e. The van der Waals surface area contributed by atoms with E-state index in [1.54, 1.807) is 0 Å². The molecule has 1 fully saturated rings. The van der Waals surface area contributed by atoms with Gasteiger partial charge < -0.3 is 4.74 Å². The molecule has 0 radical (unpaired) electrons. The first-order valence-corrected chi connectivity index (χ1v) is 6.46. The minimum atomic E-state index is -0.328. The lowest BCUT2D eigenvalue weighted by Gasteiger charge is -2.19. The normalized spacial score (nSPS) is 16.3. The van der Waals surface area contributed by atoms with Crippen LogP contribution in [0.2, 0.25) is 0 Å². The topological polar surface area (TPSA) is 81.4 Å². The Hall–Kier alpha value is -1.10. The van der Waals surface area contributed by atoms with Crippen LogP contribution >= 0.6 is 0 Å². The lowest BCUT2D eigenvalue weighted by atomic mass is 9.89. The Balaban J connectivity index is 0.000000331. The fourth-order valence-corrected chi connectivity index (χ4v) is 1.91. The fraction of sp³-hybridized carbons (Fsp3) is 0.846. The molecule has 18 heavy (non-hydrogen) atoms. The monoisotopic (exact) mass is 258 g/mol. The van der Waals surface area contributed by atoms with Crippen molar-refractivity contribution in [3.05, 3.63) is 0 Å². The van der Waals surface area contributed by atoms with Gasteiger partial charge in [-0.25, -0.2) is 5.84 Å². The molecule has 0 spiro atoms. The average Bonchev–Trinajstić information content (AvgIpc) is 2.26. The minimum Gasteiger partial charge on any atom is -0.460 e. The van der Waals surface area contributed by atoms with Crippen LogP contribution in [0.25, 0.3) is 0 Å². The number of rotatable bonds is 1. The van der Waals surface area contributed by atoms with Crippen LogP contribution in [0.4, 0.5) is 0 Å². The van der Waals surface area contributed by atoms with E-state index in [0.717, 1.165) is 12.8 Å². The Kier molecular flexibility index (Phi) is 7.59. The smallest absolute Gasteiger partial charge is 0.303 e. The summed E-state index contributed by atoms with van der Waals surface area (Å²) >= 11 is 0. The lowest BCUT2D eigenvalue weighted by molar-refractivity contribution is -0.151. The highest BCUT2D eigenvalue weighted by molar-refractivity contribution is 5.77. The third-order valence-electron chi connectivity index (χ3n) is 2.57. The van der Waals surface area contributed by atoms with E-state index >= 15 is 0 Å². The number of hydrogen-bond acceptors (Lipinski definition) is 4. The first kappa shape index (κ1) is 16.9. The number of hydrazine groups is 1. The quantitative estimate of drug-likeness (QED) is 0.326. The summed E-state index contributed by atoms with van der Waals surface area (Å²) in [7, 11) is 0. The zero-order valence-electron chi connectivity index (χ0n) is 11.9. The van der Waals surface area contributed by atoms with Crippen LogP contribution < -0.4 is 11.3 Å². The van der Waals surface area contributed by atoms with Gasteiger partial charge >= 0.3 is 5.97 Å². The molecule has 0 unspecified atom stereocenters. The number of ether oxygens (including phenoxy) is 1. The third kappa shape index (κ3) is 8.98. The molecule has 106 valence electrons. The molecule has 0 atom stereocenters. The van der Waals surface area contributed by atoms with E-state index in [1.807, 2.05) is 20.8 Å². The van der Waals surface area contributed by atoms with Gasteiger partial charge in [0.2, 0.25) is 5.91 Å². The molecule has 0 heterocycles. The second-order valence-electron chi connectivity index (χ2n) is 5.55. The van der Waals surface area contributed by atoms with Crippen molar-refractivity contribution in [2.24, 2.45) is 11.8 Å². The van der Waals surface area contributed by atoms with Gasteiger partial charge in [0.05, 0.1) is 0 Å². The van der Waals surface area contributed by atoms with Crippen molar-refractivity contribution in [3.63, 3.8) is 0 Å². The highest BCUT2D eigenvalue weighted by Gasteiger charge is 2.19. The van der Waals surface area contributed by atoms with Gasteiger partial charge in [0.15, 0.2) is 0 Å². The van der Waals surface area contributed by atoms with Gasteiger partial charge in [0.25, 0.3) is 0 Å². The zero-order chi connectivity index (χ0) is 14.2. The molecule has 1 aliphatic rings. The van der Waals surface area contributed by atoms with Gasteiger partial charge in [-0.1, -0.05) is 19.3 Å². The highest BCUT2D eigenvalue weighted by atomic mass is 16.6. The Labute approximate surface area is 109 Å². The molecule has 5 heteroatoms. The Morgan fingerprint density at radius 2 is 1.67 bits per heavy atom. The summed E-state index contributed by atoms with van der Waals surface area (Å²) in [6.07, 6.45) is 5.66. The third-order valence-corrected chi connectivity index (χ3v) is 2.57. The lowest BCUT2D eigenvalue weighted by Crippen LogP contribution is -2.36. The average molecular weight is 258 g/mol. The predicted molar refractivity (Wildman–Crippen MR) is 70.4 cm³/mol. The SMILES string of the molecule is CC(=O)OC(C)(C)C.NNC(=O)C1CCCCC1.